The highest BCUT2D eigenvalue weighted by atomic mass is 79.9. The van der Waals surface area contributed by atoms with E-state index in [1.165, 1.54) is 0 Å². The van der Waals surface area contributed by atoms with Crippen molar-refractivity contribution in [2.24, 2.45) is 0 Å². The fraction of sp³-hybridized carbons (Fsp3) is 0.211. The lowest BCUT2D eigenvalue weighted by Crippen LogP contribution is -2.16. The highest BCUT2D eigenvalue weighted by Crippen LogP contribution is 2.22. The molecule has 0 aliphatic carbocycles. The number of halogens is 1. The van der Waals surface area contributed by atoms with Gasteiger partial charge in [0.05, 0.1) is 11.0 Å². The second-order valence-electron chi connectivity index (χ2n) is 5.31. The predicted octanol–water partition coefficient (Wildman–Crippen LogP) is 4.23. The Morgan fingerprint density at radius 2 is 1.71 bits per heavy atom. The minimum atomic E-state index is -0.259. The van der Waals surface area contributed by atoms with Crippen LogP contribution in [0.4, 0.5) is 5.69 Å². The van der Waals surface area contributed by atoms with Crippen LogP contribution in [-0.4, -0.2) is 22.8 Å². The second-order valence-corrected chi connectivity index (χ2v) is 5.87. The molecule has 0 aliphatic rings. The monoisotopic (exact) mass is 387 g/mol. The smallest absolute Gasteiger partial charge is 0.235 e. The van der Waals surface area contributed by atoms with Crippen LogP contribution in [0.1, 0.15) is 46.0 Å². The van der Waals surface area contributed by atoms with Crippen LogP contribution in [0.2, 0.25) is 0 Å². The molecule has 124 valence electrons. The number of hydrogen-bond acceptors (Lipinski definition) is 3. The molecule has 0 unspecified atom stereocenters. The fourth-order valence-electron chi connectivity index (χ4n) is 2.31. The van der Waals surface area contributed by atoms with Crippen molar-refractivity contribution in [1.82, 2.24) is 0 Å². The van der Waals surface area contributed by atoms with Crippen molar-refractivity contribution in [1.29, 1.82) is 0 Å². The molecule has 0 spiro atoms. The topological polar surface area (TPSA) is 63.2 Å². The van der Waals surface area contributed by atoms with Crippen LogP contribution in [0, 0.1) is 0 Å². The van der Waals surface area contributed by atoms with Gasteiger partial charge in [-0.3, -0.25) is 14.4 Å². The van der Waals surface area contributed by atoms with Crippen molar-refractivity contribution in [2.75, 3.05) is 10.6 Å². The van der Waals surface area contributed by atoms with E-state index >= 15 is 0 Å². The van der Waals surface area contributed by atoms with Gasteiger partial charge in [0, 0.05) is 23.1 Å². The third-order valence-electron chi connectivity index (χ3n) is 3.49. The molecule has 2 rings (SSSR count). The third kappa shape index (κ3) is 4.38. The number of alkyl halides is 1. The van der Waals surface area contributed by atoms with E-state index in [0.717, 1.165) is 6.42 Å². The number of anilines is 1. The van der Waals surface area contributed by atoms with Crippen LogP contribution < -0.4 is 5.32 Å². The SMILES string of the molecule is CCCC(=O)c1ccc(NC(=O)CBr)c(C(=O)c2ccccc2)c1. The number of carbonyl (C=O) groups excluding carboxylic acids is 3. The molecule has 1 amide bonds. The first kappa shape index (κ1) is 18.1. The largest absolute Gasteiger partial charge is 0.325 e. The molecule has 24 heavy (non-hydrogen) atoms. The van der Waals surface area contributed by atoms with Gasteiger partial charge < -0.3 is 5.32 Å². The zero-order valence-electron chi connectivity index (χ0n) is 13.3. The highest BCUT2D eigenvalue weighted by Gasteiger charge is 2.17. The summed E-state index contributed by atoms with van der Waals surface area (Å²) in [6.45, 7) is 1.93. The van der Waals surface area contributed by atoms with E-state index in [9.17, 15) is 14.4 Å². The fourth-order valence-corrected chi connectivity index (χ4v) is 2.45. The minimum Gasteiger partial charge on any atom is -0.325 e. The number of amides is 1. The summed E-state index contributed by atoms with van der Waals surface area (Å²) < 4.78 is 0. The van der Waals surface area contributed by atoms with E-state index in [4.69, 9.17) is 0 Å². The van der Waals surface area contributed by atoms with Crippen LogP contribution >= 0.6 is 15.9 Å². The zero-order chi connectivity index (χ0) is 17.5. The maximum absolute atomic E-state index is 12.8. The maximum Gasteiger partial charge on any atom is 0.235 e. The van der Waals surface area contributed by atoms with Crippen molar-refractivity contribution in [3.63, 3.8) is 0 Å². The lowest BCUT2D eigenvalue weighted by molar-refractivity contribution is -0.113. The number of benzene rings is 2. The standard InChI is InChI=1S/C19H18BrNO3/c1-2-6-17(22)14-9-10-16(21-18(23)12-20)15(11-14)19(24)13-7-4-3-5-8-13/h3-5,7-11H,2,6,12H2,1H3,(H,21,23). The highest BCUT2D eigenvalue weighted by molar-refractivity contribution is 9.09. The molecule has 0 atom stereocenters. The molecular formula is C19H18BrNO3. The third-order valence-corrected chi connectivity index (χ3v) is 4.00. The Morgan fingerprint density at radius 1 is 1.00 bits per heavy atom. The first-order chi connectivity index (χ1) is 11.6. The molecule has 0 radical (unpaired) electrons. The average Bonchev–Trinajstić information content (AvgIpc) is 2.62. The Labute approximate surface area is 149 Å². The molecule has 2 aromatic carbocycles. The zero-order valence-corrected chi connectivity index (χ0v) is 14.9. The summed E-state index contributed by atoms with van der Waals surface area (Å²) in [6.07, 6.45) is 1.16. The van der Waals surface area contributed by atoms with E-state index in [0.29, 0.717) is 28.8 Å². The number of rotatable bonds is 7. The van der Waals surface area contributed by atoms with Crippen molar-refractivity contribution in [3.8, 4) is 0 Å². The normalized spacial score (nSPS) is 10.2. The van der Waals surface area contributed by atoms with E-state index in [2.05, 4.69) is 21.2 Å². The number of Topliss-reactive ketones (excluding diaryl/α,β-unsaturated/α-hetero) is 1. The van der Waals surface area contributed by atoms with Gasteiger partial charge in [-0.15, -0.1) is 0 Å². The molecule has 0 aliphatic heterocycles. The van der Waals surface area contributed by atoms with Gasteiger partial charge in [-0.25, -0.2) is 0 Å². The van der Waals surface area contributed by atoms with Gasteiger partial charge in [0.1, 0.15) is 0 Å². The summed E-state index contributed by atoms with van der Waals surface area (Å²) in [7, 11) is 0. The average molecular weight is 388 g/mol. The van der Waals surface area contributed by atoms with Crippen LogP contribution in [0.25, 0.3) is 0 Å². The maximum atomic E-state index is 12.8. The predicted molar refractivity (Wildman–Crippen MR) is 98.0 cm³/mol. The lowest BCUT2D eigenvalue weighted by Gasteiger charge is -2.12. The van der Waals surface area contributed by atoms with Crippen LogP contribution in [0.3, 0.4) is 0 Å². The van der Waals surface area contributed by atoms with E-state index in [1.54, 1.807) is 42.5 Å². The summed E-state index contributed by atoms with van der Waals surface area (Å²) in [6, 6.07) is 13.6. The van der Waals surface area contributed by atoms with Crippen molar-refractivity contribution in [2.45, 2.75) is 19.8 Å². The van der Waals surface area contributed by atoms with Crippen LogP contribution in [0.15, 0.2) is 48.5 Å². The van der Waals surface area contributed by atoms with Gasteiger partial charge in [-0.2, -0.15) is 0 Å². The number of hydrogen-bond donors (Lipinski definition) is 1. The Kier molecular flexibility index (Phi) is 6.44. The molecule has 0 saturated heterocycles. The van der Waals surface area contributed by atoms with E-state index in [-0.39, 0.29) is 22.8 Å². The summed E-state index contributed by atoms with van der Waals surface area (Å²) >= 11 is 3.09. The van der Waals surface area contributed by atoms with E-state index in [1.807, 2.05) is 13.0 Å². The molecule has 4 nitrogen and oxygen atoms in total. The van der Waals surface area contributed by atoms with Gasteiger partial charge in [0.15, 0.2) is 11.6 Å². The van der Waals surface area contributed by atoms with Gasteiger partial charge in [0.25, 0.3) is 0 Å². The number of ketones is 2. The van der Waals surface area contributed by atoms with Crippen molar-refractivity contribution < 1.29 is 14.4 Å². The molecule has 0 aromatic heterocycles. The van der Waals surface area contributed by atoms with E-state index < -0.39 is 0 Å². The molecule has 1 N–H and O–H groups in total. The Hall–Kier alpha value is -2.27. The molecule has 0 heterocycles. The second kappa shape index (κ2) is 8.55. The van der Waals surface area contributed by atoms with Gasteiger partial charge in [-0.1, -0.05) is 53.2 Å². The molecule has 2 aromatic rings. The van der Waals surface area contributed by atoms with Crippen molar-refractivity contribution >= 4 is 39.1 Å². The van der Waals surface area contributed by atoms with Gasteiger partial charge in [-0.05, 0) is 24.6 Å². The summed E-state index contributed by atoms with van der Waals surface area (Å²) in [4.78, 5) is 36.6. The number of nitrogens with one attached hydrogen (secondary N) is 1. The van der Waals surface area contributed by atoms with Gasteiger partial charge >= 0.3 is 0 Å². The Bertz CT molecular complexity index is 756. The quantitative estimate of drug-likeness (QED) is 0.570. The van der Waals surface area contributed by atoms with Crippen molar-refractivity contribution in [3.05, 3.63) is 65.2 Å². The minimum absolute atomic E-state index is 0.0158. The molecular weight excluding hydrogens is 370 g/mol. The van der Waals surface area contributed by atoms with Gasteiger partial charge in [0.2, 0.25) is 5.91 Å². The van der Waals surface area contributed by atoms with Crippen LogP contribution in [0.5, 0.6) is 0 Å². The molecule has 0 fully saturated rings. The van der Waals surface area contributed by atoms with Crippen LogP contribution in [-0.2, 0) is 4.79 Å². The molecule has 0 bridgehead atoms. The Morgan fingerprint density at radius 3 is 2.33 bits per heavy atom. The Balaban J connectivity index is 2.46. The first-order valence-corrected chi connectivity index (χ1v) is 8.81. The first-order valence-electron chi connectivity index (χ1n) is 7.69. The lowest BCUT2D eigenvalue weighted by atomic mass is 9.97. The summed E-state index contributed by atoms with van der Waals surface area (Å²) in [5.41, 5.74) is 1.71. The molecule has 0 saturated carbocycles. The summed E-state index contributed by atoms with van der Waals surface area (Å²) in [5, 5.41) is 2.82. The summed E-state index contributed by atoms with van der Waals surface area (Å²) in [5.74, 6) is -0.505. The molecule has 5 heteroatoms. The number of carbonyl (C=O) groups is 3.